The molecule has 0 radical (unpaired) electrons. The van der Waals surface area contributed by atoms with Crippen molar-refractivity contribution < 1.29 is 9.53 Å². The second kappa shape index (κ2) is 7.27. The number of anilines is 1. The van der Waals surface area contributed by atoms with Gasteiger partial charge in [-0.15, -0.1) is 11.3 Å². The molecule has 0 saturated carbocycles. The molecule has 142 valence electrons. The fraction of sp³-hybridized carbons (Fsp3) is 0.381. The van der Waals surface area contributed by atoms with E-state index in [1.165, 1.54) is 4.70 Å². The van der Waals surface area contributed by atoms with Gasteiger partial charge < -0.3 is 19.1 Å². The number of rotatable bonds is 4. The van der Waals surface area contributed by atoms with E-state index in [0.29, 0.717) is 6.04 Å². The molecule has 1 amide bonds. The van der Waals surface area contributed by atoms with Crippen molar-refractivity contribution in [3.8, 4) is 5.75 Å². The first kappa shape index (κ1) is 17.9. The van der Waals surface area contributed by atoms with Gasteiger partial charge in [0, 0.05) is 50.0 Å². The van der Waals surface area contributed by atoms with Crippen LogP contribution in [0.3, 0.4) is 0 Å². The van der Waals surface area contributed by atoms with Crippen LogP contribution in [0.4, 0.5) is 5.69 Å². The second-order valence-corrected chi connectivity index (χ2v) is 8.26. The zero-order valence-corrected chi connectivity index (χ0v) is 16.8. The van der Waals surface area contributed by atoms with Crippen molar-refractivity contribution >= 4 is 33.0 Å². The number of methoxy groups -OCH3 is 1. The van der Waals surface area contributed by atoms with Gasteiger partial charge in [0.25, 0.3) is 5.91 Å². The number of hydrogen-bond donors (Lipinski definition) is 0. The number of piperazine rings is 1. The van der Waals surface area contributed by atoms with Gasteiger partial charge in [-0.2, -0.15) is 0 Å². The molecule has 5 nitrogen and oxygen atoms in total. The number of carbonyl (C=O) groups is 1. The number of thiophene rings is 1. The average Bonchev–Trinajstić information content (AvgIpc) is 3.27. The molecule has 1 aromatic carbocycles. The third-order valence-corrected chi connectivity index (χ3v) is 6.22. The Balaban J connectivity index is 1.44. The highest BCUT2D eigenvalue weighted by atomic mass is 32.1. The molecule has 0 unspecified atom stereocenters. The van der Waals surface area contributed by atoms with E-state index in [1.54, 1.807) is 18.4 Å². The molecule has 1 fully saturated rings. The van der Waals surface area contributed by atoms with E-state index < -0.39 is 0 Å². The Bertz CT molecular complexity index is 920. The van der Waals surface area contributed by atoms with E-state index >= 15 is 0 Å². The summed E-state index contributed by atoms with van der Waals surface area (Å²) in [4.78, 5) is 18.0. The third kappa shape index (κ3) is 3.41. The van der Waals surface area contributed by atoms with Crippen LogP contribution in [0.5, 0.6) is 5.75 Å². The van der Waals surface area contributed by atoms with E-state index in [0.717, 1.165) is 47.9 Å². The summed E-state index contributed by atoms with van der Waals surface area (Å²) in [5, 5.41) is 1.16. The Labute approximate surface area is 163 Å². The Morgan fingerprint density at radius 1 is 1.11 bits per heavy atom. The van der Waals surface area contributed by atoms with Crippen molar-refractivity contribution in [3.05, 3.63) is 47.6 Å². The summed E-state index contributed by atoms with van der Waals surface area (Å²) in [5.41, 5.74) is 1.10. The second-order valence-electron chi connectivity index (χ2n) is 7.18. The maximum atomic E-state index is 12.9. The van der Waals surface area contributed by atoms with E-state index in [9.17, 15) is 4.79 Å². The lowest BCUT2D eigenvalue weighted by molar-refractivity contribution is 0.0751. The minimum atomic E-state index is 0.145. The zero-order chi connectivity index (χ0) is 19.0. The Kier molecular flexibility index (Phi) is 4.83. The lowest BCUT2D eigenvalue weighted by Crippen LogP contribution is -2.48. The zero-order valence-electron chi connectivity index (χ0n) is 16.0. The number of fused-ring (bicyclic) bond motifs is 1. The summed E-state index contributed by atoms with van der Waals surface area (Å²) < 4.78 is 8.85. The van der Waals surface area contributed by atoms with Crippen LogP contribution in [0.2, 0.25) is 0 Å². The molecule has 6 heteroatoms. The molecule has 3 heterocycles. The van der Waals surface area contributed by atoms with Crippen LogP contribution < -0.4 is 9.64 Å². The number of aromatic nitrogens is 1. The van der Waals surface area contributed by atoms with Gasteiger partial charge in [0.1, 0.15) is 5.75 Å². The van der Waals surface area contributed by atoms with Crippen molar-refractivity contribution in [1.82, 2.24) is 9.47 Å². The van der Waals surface area contributed by atoms with E-state index in [-0.39, 0.29) is 5.91 Å². The summed E-state index contributed by atoms with van der Waals surface area (Å²) in [5.74, 6) is 1.03. The SMILES string of the molecule is COc1ccccc1N1CCN(C(=O)c2cc3cn(C(C)C)cc3s2)CC1. The van der Waals surface area contributed by atoms with Gasteiger partial charge in [0.15, 0.2) is 0 Å². The quantitative estimate of drug-likeness (QED) is 0.676. The van der Waals surface area contributed by atoms with Gasteiger partial charge in [0.2, 0.25) is 0 Å². The number of nitrogens with zero attached hydrogens (tertiary/aromatic N) is 3. The molecule has 1 aliphatic rings. The van der Waals surface area contributed by atoms with Gasteiger partial charge >= 0.3 is 0 Å². The first-order valence-electron chi connectivity index (χ1n) is 9.35. The molecule has 0 bridgehead atoms. The lowest BCUT2D eigenvalue weighted by Gasteiger charge is -2.36. The predicted octanol–water partition coefficient (Wildman–Crippen LogP) is 4.25. The highest BCUT2D eigenvalue weighted by Gasteiger charge is 2.25. The smallest absolute Gasteiger partial charge is 0.264 e. The van der Waals surface area contributed by atoms with E-state index in [4.69, 9.17) is 4.74 Å². The van der Waals surface area contributed by atoms with Gasteiger partial charge in [-0.1, -0.05) is 12.1 Å². The number of ether oxygens (including phenoxy) is 1. The van der Waals surface area contributed by atoms with Crippen molar-refractivity contribution in [2.45, 2.75) is 19.9 Å². The van der Waals surface area contributed by atoms with Crippen molar-refractivity contribution in [2.24, 2.45) is 0 Å². The molecule has 27 heavy (non-hydrogen) atoms. The van der Waals surface area contributed by atoms with E-state index in [2.05, 4.69) is 41.8 Å². The van der Waals surface area contributed by atoms with Gasteiger partial charge in [-0.25, -0.2) is 0 Å². The molecule has 3 aromatic rings. The Morgan fingerprint density at radius 3 is 2.52 bits per heavy atom. The largest absolute Gasteiger partial charge is 0.495 e. The number of amides is 1. The Hall–Kier alpha value is -2.47. The molecule has 0 spiro atoms. The van der Waals surface area contributed by atoms with Crippen LogP contribution in [-0.4, -0.2) is 48.7 Å². The van der Waals surface area contributed by atoms with Crippen LogP contribution in [-0.2, 0) is 0 Å². The number of hydrogen-bond acceptors (Lipinski definition) is 4. The number of para-hydroxylation sites is 2. The summed E-state index contributed by atoms with van der Waals surface area (Å²) in [6.07, 6.45) is 4.27. The molecular weight excluding hydrogens is 358 g/mol. The first-order valence-corrected chi connectivity index (χ1v) is 10.2. The van der Waals surface area contributed by atoms with Crippen molar-refractivity contribution in [3.63, 3.8) is 0 Å². The van der Waals surface area contributed by atoms with E-state index in [1.807, 2.05) is 29.2 Å². The summed E-state index contributed by atoms with van der Waals surface area (Å²) in [6, 6.07) is 10.5. The lowest BCUT2D eigenvalue weighted by atomic mass is 10.2. The standard InChI is InChI=1S/C21H25N3O2S/c1-15(2)24-13-16-12-19(27-20(16)14-24)21(25)23-10-8-22(9-11-23)17-6-4-5-7-18(17)26-3/h4-7,12-15H,8-11H2,1-3H3. The summed E-state index contributed by atoms with van der Waals surface area (Å²) in [7, 11) is 1.70. The molecule has 1 saturated heterocycles. The van der Waals surface area contributed by atoms with Crippen LogP contribution >= 0.6 is 11.3 Å². The molecule has 2 aromatic heterocycles. The number of benzene rings is 1. The maximum Gasteiger partial charge on any atom is 0.264 e. The monoisotopic (exact) mass is 383 g/mol. The van der Waals surface area contributed by atoms with Crippen LogP contribution in [0.1, 0.15) is 29.6 Å². The molecule has 0 N–H and O–H groups in total. The van der Waals surface area contributed by atoms with Crippen LogP contribution in [0.25, 0.3) is 10.1 Å². The molecule has 0 aliphatic carbocycles. The topological polar surface area (TPSA) is 37.7 Å². The fourth-order valence-electron chi connectivity index (χ4n) is 3.56. The third-order valence-electron chi connectivity index (χ3n) is 5.15. The average molecular weight is 384 g/mol. The normalized spacial score (nSPS) is 15.0. The van der Waals surface area contributed by atoms with Crippen LogP contribution in [0, 0.1) is 0 Å². The molecular formula is C21H25N3O2S. The minimum absolute atomic E-state index is 0.145. The van der Waals surface area contributed by atoms with Gasteiger partial charge in [0.05, 0.1) is 22.4 Å². The maximum absolute atomic E-state index is 12.9. The van der Waals surface area contributed by atoms with Gasteiger partial charge in [-0.05, 0) is 32.0 Å². The molecule has 0 atom stereocenters. The number of carbonyl (C=O) groups excluding carboxylic acids is 1. The highest BCUT2D eigenvalue weighted by Crippen LogP contribution is 2.31. The molecule has 1 aliphatic heterocycles. The first-order chi connectivity index (χ1) is 13.1. The van der Waals surface area contributed by atoms with Crippen molar-refractivity contribution in [2.75, 3.05) is 38.2 Å². The van der Waals surface area contributed by atoms with Crippen molar-refractivity contribution in [1.29, 1.82) is 0 Å². The Morgan fingerprint density at radius 2 is 1.85 bits per heavy atom. The highest BCUT2D eigenvalue weighted by molar-refractivity contribution is 7.20. The fourth-order valence-corrected chi connectivity index (χ4v) is 4.60. The predicted molar refractivity (Wildman–Crippen MR) is 111 cm³/mol. The minimum Gasteiger partial charge on any atom is -0.495 e. The van der Waals surface area contributed by atoms with Crippen LogP contribution in [0.15, 0.2) is 42.7 Å². The van der Waals surface area contributed by atoms with Gasteiger partial charge in [-0.3, -0.25) is 4.79 Å². The summed E-state index contributed by atoms with van der Waals surface area (Å²) in [6.45, 7) is 7.41. The summed E-state index contributed by atoms with van der Waals surface area (Å²) >= 11 is 1.59. The molecule has 4 rings (SSSR count).